The zero-order chi connectivity index (χ0) is 18.9. The Labute approximate surface area is 168 Å². The first kappa shape index (κ1) is 20.0. The highest BCUT2D eigenvalue weighted by molar-refractivity contribution is 6.30. The second-order valence-electron chi connectivity index (χ2n) is 7.45. The molecule has 1 saturated carbocycles. The zero-order valence-electron chi connectivity index (χ0n) is 16.3. The van der Waals surface area contributed by atoms with Crippen molar-refractivity contribution in [3.05, 3.63) is 58.6 Å². The molecule has 0 aliphatic heterocycles. The molecule has 3 nitrogen and oxygen atoms in total. The van der Waals surface area contributed by atoms with Gasteiger partial charge in [-0.3, -0.25) is 0 Å². The second kappa shape index (κ2) is 10.6. The normalized spacial score (nSPS) is 15.8. The molecule has 0 heterocycles. The van der Waals surface area contributed by atoms with Crippen molar-refractivity contribution in [1.82, 2.24) is 0 Å². The lowest BCUT2D eigenvalue weighted by Crippen LogP contribution is -2.88. The SMILES string of the molecule is COc1cc(C[NH2+]C2CCCCCCC2)ccc1OCc1cccc(Cl)c1. The number of hydrogen-bond donors (Lipinski definition) is 1. The molecule has 2 aromatic carbocycles. The number of rotatable bonds is 7. The largest absolute Gasteiger partial charge is 0.493 e. The molecule has 1 aliphatic rings. The van der Waals surface area contributed by atoms with Gasteiger partial charge in [0.15, 0.2) is 11.5 Å². The van der Waals surface area contributed by atoms with E-state index < -0.39 is 0 Å². The van der Waals surface area contributed by atoms with E-state index in [-0.39, 0.29) is 0 Å². The molecule has 146 valence electrons. The van der Waals surface area contributed by atoms with E-state index in [0.717, 1.165) is 34.7 Å². The van der Waals surface area contributed by atoms with Crippen LogP contribution in [0.25, 0.3) is 0 Å². The Kier molecular flexibility index (Phi) is 7.85. The monoisotopic (exact) mass is 388 g/mol. The van der Waals surface area contributed by atoms with Gasteiger partial charge >= 0.3 is 0 Å². The lowest BCUT2D eigenvalue weighted by Gasteiger charge is -2.18. The van der Waals surface area contributed by atoms with Gasteiger partial charge in [0.05, 0.1) is 13.2 Å². The molecule has 4 heteroatoms. The third-order valence-electron chi connectivity index (χ3n) is 5.35. The summed E-state index contributed by atoms with van der Waals surface area (Å²) in [6, 6.07) is 14.8. The second-order valence-corrected chi connectivity index (χ2v) is 7.89. The van der Waals surface area contributed by atoms with E-state index >= 15 is 0 Å². The molecule has 2 aromatic rings. The van der Waals surface area contributed by atoms with Crippen molar-refractivity contribution in [3.8, 4) is 11.5 Å². The molecule has 0 aromatic heterocycles. The lowest BCUT2D eigenvalue weighted by molar-refractivity contribution is -0.706. The molecule has 3 rings (SSSR count). The van der Waals surface area contributed by atoms with Crippen molar-refractivity contribution in [2.45, 2.75) is 64.1 Å². The number of hydrogen-bond acceptors (Lipinski definition) is 2. The van der Waals surface area contributed by atoms with Gasteiger partial charge in [-0.1, -0.05) is 43.0 Å². The summed E-state index contributed by atoms with van der Waals surface area (Å²) in [6.07, 6.45) is 9.66. The molecular formula is C23H31ClNO2+. The molecular weight excluding hydrogens is 358 g/mol. The van der Waals surface area contributed by atoms with Crippen molar-refractivity contribution in [2.24, 2.45) is 0 Å². The minimum absolute atomic E-state index is 0.477. The maximum Gasteiger partial charge on any atom is 0.161 e. The van der Waals surface area contributed by atoms with Crippen molar-refractivity contribution in [2.75, 3.05) is 7.11 Å². The van der Waals surface area contributed by atoms with Crippen molar-refractivity contribution in [1.29, 1.82) is 0 Å². The molecule has 0 bridgehead atoms. The molecule has 0 atom stereocenters. The van der Waals surface area contributed by atoms with Crippen molar-refractivity contribution >= 4 is 11.6 Å². The fourth-order valence-electron chi connectivity index (χ4n) is 3.77. The quantitative estimate of drug-likeness (QED) is 0.715. The van der Waals surface area contributed by atoms with Crippen LogP contribution >= 0.6 is 11.6 Å². The van der Waals surface area contributed by atoms with Crippen LogP contribution in [0, 0.1) is 0 Å². The van der Waals surface area contributed by atoms with E-state index in [4.69, 9.17) is 21.1 Å². The summed E-state index contributed by atoms with van der Waals surface area (Å²) in [5.41, 5.74) is 2.33. The van der Waals surface area contributed by atoms with Crippen LogP contribution in [0.5, 0.6) is 11.5 Å². The average molecular weight is 389 g/mol. The number of benzene rings is 2. The van der Waals surface area contributed by atoms with Gasteiger partial charge in [-0.25, -0.2) is 0 Å². The van der Waals surface area contributed by atoms with Crippen LogP contribution in [0.4, 0.5) is 0 Å². The molecule has 1 aliphatic carbocycles. The molecule has 2 N–H and O–H groups in total. The topological polar surface area (TPSA) is 35.1 Å². The Morgan fingerprint density at radius 3 is 2.44 bits per heavy atom. The molecule has 1 fully saturated rings. The summed E-state index contributed by atoms with van der Waals surface area (Å²) >= 11 is 6.04. The van der Waals surface area contributed by atoms with E-state index in [2.05, 4.69) is 17.4 Å². The number of ether oxygens (including phenoxy) is 2. The molecule has 0 amide bonds. The number of methoxy groups -OCH3 is 1. The summed E-state index contributed by atoms with van der Waals surface area (Å²) in [5.74, 6) is 1.56. The molecule has 27 heavy (non-hydrogen) atoms. The van der Waals surface area contributed by atoms with E-state index in [1.54, 1.807) is 7.11 Å². The third-order valence-corrected chi connectivity index (χ3v) is 5.58. The van der Waals surface area contributed by atoms with Crippen LogP contribution in [0.3, 0.4) is 0 Å². The van der Waals surface area contributed by atoms with Crippen LogP contribution in [0.2, 0.25) is 5.02 Å². The maximum absolute atomic E-state index is 6.04. The van der Waals surface area contributed by atoms with Gasteiger partial charge in [-0.2, -0.15) is 0 Å². The highest BCUT2D eigenvalue weighted by Gasteiger charge is 2.15. The van der Waals surface area contributed by atoms with Crippen molar-refractivity contribution < 1.29 is 14.8 Å². The van der Waals surface area contributed by atoms with Gasteiger partial charge < -0.3 is 14.8 Å². The highest BCUT2D eigenvalue weighted by atomic mass is 35.5. The molecule has 0 unspecified atom stereocenters. The molecule has 0 radical (unpaired) electrons. The van der Waals surface area contributed by atoms with E-state index in [1.165, 1.54) is 50.5 Å². The average Bonchev–Trinajstić information content (AvgIpc) is 2.66. The van der Waals surface area contributed by atoms with Gasteiger partial charge in [-0.05, 0) is 61.6 Å². The third kappa shape index (κ3) is 6.44. The zero-order valence-corrected chi connectivity index (χ0v) is 17.0. The first-order valence-electron chi connectivity index (χ1n) is 10.1. The van der Waals surface area contributed by atoms with Crippen molar-refractivity contribution in [3.63, 3.8) is 0 Å². The summed E-state index contributed by atoms with van der Waals surface area (Å²) in [4.78, 5) is 0. The summed E-state index contributed by atoms with van der Waals surface area (Å²) in [7, 11) is 1.70. The summed E-state index contributed by atoms with van der Waals surface area (Å²) in [6.45, 7) is 1.47. The van der Waals surface area contributed by atoms with E-state index in [0.29, 0.717) is 6.61 Å². The Balaban J connectivity index is 1.56. The Bertz CT molecular complexity index is 711. The Hall–Kier alpha value is -1.71. The van der Waals surface area contributed by atoms with Gasteiger partial charge in [0.1, 0.15) is 13.2 Å². The number of quaternary nitrogens is 1. The standard InChI is InChI=1S/C23H30ClNO2/c1-26-23-15-18(16-25-21-10-5-3-2-4-6-11-21)12-13-22(23)27-17-19-8-7-9-20(24)14-19/h7-9,12-15,21,25H,2-6,10-11,16-17H2,1H3/p+1. The minimum atomic E-state index is 0.477. The minimum Gasteiger partial charge on any atom is -0.493 e. The highest BCUT2D eigenvalue weighted by Crippen LogP contribution is 2.29. The summed E-state index contributed by atoms with van der Waals surface area (Å²) < 4.78 is 11.5. The van der Waals surface area contributed by atoms with Gasteiger partial charge in [0.2, 0.25) is 0 Å². The van der Waals surface area contributed by atoms with Crippen LogP contribution in [0.1, 0.15) is 56.1 Å². The predicted octanol–water partition coefficient (Wildman–Crippen LogP) is 5.10. The van der Waals surface area contributed by atoms with E-state index in [1.807, 2.05) is 30.3 Å². The lowest BCUT2D eigenvalue weighted by atomic mass is 9.96. The fraction of sp³-hybridized carbons (Fsp3) is 0.478. The maximum atomic E-state index is 6.04. The number of nitrogens with two attached hydrogens (primary N) is 1. The molecule has 0 spiro atoms. The molecule has 0 saturated heterocycles. The Morgan fingerprint density at radius 2 is 1.70 bits per heavy atom. The first-order valence-corrected chi connectivity index (χ1v) is 10.5. The van der Waals surface area contributed by atoms with Crippen LogP contribution in [0.15, 0.2) is 42.5 Å². The van der Waals surface area contributed by atoms with Gasteiger partial charge in [0, 0.05) is 10.6 Å². The van der Waals surface area contributed by atoms with Crippen LogP contribution in [-0.4, -0.2) is 13.2 Å². The number of halogens is 1. The van der Waals surface area contributed by atoms with Gasteiger partial charge in [0.25, 0.3) is 0 Å². The van der Waals surface area contributed by atoms with E-state index in [9.17, 15) is 0 Å². The first-order chi connectivity index (χ1) is 13.2. The Morgan fingerprint density at radius 1 is 0.926 bits per heavy atom. The van der Waals surface area contributed by atoms with Crippen LogP contribution < -0.4 is 14.8 Å². The smallest absolute Gasteiger partial charge is 0.161 e. The fourth-order valence-corrected chi connectivity index (χ4v) is 3.99. The van der Waals surface area contributed by atoms with Gasteiger partial charge in [-0.15, -0.1) is 0 Å². The summed E-state index contributed by atoms with van der Waals surface area (Å²) in [5, 5.41) is 3.23. The van der Waals surface area contributed by atoms with Crippen LogP contribution in [-0.2, 0) is 13.2 Å². The predicted molar refractivity (Wildman–Crippen MR) is 111 cm³/mol.